The molecule has 0 spiro atoms. The van der Waals surface area contributed by atoms with Crippen molar-refractivity contribution in [1.29, 1.82) is 0 Å². The SMILES string of the molecule is CCOCc1ccccc1CNS(=O)(=O)c1ccc(Cl)c(Cl)c1. The zero-order valence-electron chi connectivity index (χ0n) is 12.6. The van der Waals surface area contributed by atoms with Gasteiger partial charge in [-0.15, -0.1) is 0 Å². The minimum absolute atomic E-state index is 0.0780. The van der Waals surface area contributed by atoms with Gasteiger partial charge in [0.1, 0.15) is 0 Å². The smallest absolute Gasteiger partial charge is 0.240 e. The summed E-state index contributed by atoms with van der Waals surface area (Å²) in [6, 6.07) is 11.7. The molecule has 2 rings (SSSR count). The first-order chi connectivity index (χ1) is 10.9. The average Bonchev–Trinajstić information content (AvgIpc) is 2.54. The highest BCUT2D eigenvalue weighted by Gasteiger charge is 2.16. The van der Waals surface area contributed by atoms with E-state index in [4.69, 9.17) is 27.9 Å². The van der Waals surface area contributed by atoms with Crippen LogP contribution in [0.3, 0.4) is 0 Å². The number of hydrogen-bond acceptors (Lipinski definition) is 3. The van der Waals surface area contributed by atoms with Gasteiger partial charge in [0.2, 0.25) is 10.0 Å². The van der Waals surface area contributed by atoms with E-state index in [1.54, 1.807) is 0 Å². The summed E-state index contributed by atoms with van der Waals surface area (Å²) in [6.45, 7) is 3.13. The Kier molecular flexibility index (Phi) is 6.44. The number of rotatable bonds is 7. The normalized spacial score (nSPS) is 11.6. The zero-order valence-corrected chi connectivity index (χ0v) is 14.9. The van der Waals surface area contributed by atoms with Crippen LogP contribution in [0, 0.1) is 0 Å². The maximum absolute atomic E-state index is 12.4. The monoisotopic (exact) mass is 373 g/mol. The van der Waals surface area contributed by atoms with Crippen molar-refractivity contribution in [2.24, 2.45) is 0 Å². The number of nitrogens with one attached hydrogen (secondary N) is 1. The van der Waals surface area contributed by atoms with Crippen molar-refractivity contribution in [3.63, 3.8) is 0 Å². The molecule has 7 heteroatoms. The molecule has 0 aromatic heterocycles. The Hall–Kier alpha value is -1.11. The molecule has 0 aliphatic heterocycles. The van der Waals surface area contributed by atoms with E-state index in [-0.39, 0.29) is 16.5 Å². The molecule has 0 bridgehead atoms. The first kappa shape index (κ1) is 18.2. The molecule has 0 aliphatic carbocycles. The topological polar surface area (TPSA) is 55.4 Å². The standard InChI is InChI=1S/C16H17Cl2NO3S/c1-2-22-11-13-6-4-3-5-12(13)10-19-23(20,21)14-7-8-15(17)16(18)9-14/h3-9,19H,2,10-11H2,1H3. The van der Waals surface area contributed by atoms with Gasteiger partial charge in [-0.25, -0.2) is 13.1 Å². The molecule has 2 aromatic carbocycles. The summed E-state index contributed by atoms with van der Waals surface area (Å²) >= 11 is 11.7. The van der Waals surface area contributed by atoms with Gasteiger partial charge in [-0.2, -0.15) is 0 Å². The number of halogens is 2. The summed E-state index contributed by atoms with van der Waals surface area (Å²) in [5, 5.41) is 0.513. The summed E-state index contributed by atoms with van der Waals surface area (Å²) in [7, 11) is -3.67. The molecule has 0 heterocycles. The molecule has 0 saturated heterocycles. The van der Waals surface area contributed by atoms with E-state index in [9.17, 15) is 8.42 Å². The van der Waals surface area contributed by atoms with E-state index in [1.807, 2.05) is 31.2 Å². The lowest BCUT2D eigenvalue weighted by Crippen LogP contribution is -2.24. The highest BCUT2D eigenvalue weighted by molar-refractivity contribution is 7.89. The molecule has 2 aromatic rings. The maximum Gasteiger partial charge on any atom is 0.240 e. The number of ether oxygens (including phenoxy) is 1. The van der Waals surface area contributed by atoms with E-state index in [0.29, 0.717) is 18.2 Å². The molecule has 23 heavy (non-hydrogen) atoms. The second-order valence-corrected chi connectivity index (χ2v) is 7.39. The van der Waals surface area contributed by atoms with Crippen LogP contribution in [0.25, 0.3) is 0 Å². The van der Waals surface area contributed by atoms with Crippen LogP contribution in [0.15, 0.2) is 47.4 Å². The second-order valence-electron chi connectivity index (χ2n) is 4.81. The van der Waals surface area contributed by atoms with Gasteiger partial charge in [0, 0.05) is 13.2 Å². The quantitative estimate of drug-likeness (QED) is 0.797. The van der Waals surface area contributed by atoms with E-state index >= 15 is 0 Å². The van der Waals surface area contributed by atoms with Gasteiger partial charge in [0.25, 0.3) is 0 Å². The predicted octanol–water partition coefficient (Wildman–Crippen LogP) is 4.01. The Bertz CT molecular complexity index is 779. The molecule has 0 radical (unpaired) electrons. The largest absolute Gasteiger partial charge is 0.377 e. The van der Waals surface area contributed by atoms with Crippen molar-refractivity contribution < 1.29 is 13.2 Å². The Morgan fingerprint density at radius 2 is 1.74 bits per heavy atom. The van der Waals surface area contributed by atoms with Crippen molar-refractivity contribution in [1.82, 2.24) is 4.72 Å². The maximum atomic E-state index is 12.4. The Morgan fingerprint density at radius 3 is 2.39 bits per heavy atom. The Morgan fingerprint density at radius 1 is 1.04 bits per heavy atom. The molecular weight excluding hydrogens is 357 g/mol. The number of sulfonamides is 1. The van der Waals surface area contributed by atoms with E-state index in [1.165, 1.54) is 18.2 Å². The fraction of sp³-hybridized carbons (Fsp3) is 0.250. The molecule has 124 valence electrons. The molecule has 0 atom stereocenters. The van der Waals surface area contributed by atoms with Crippen LogP contribution in [0.1, 0.15) is 18.1 Å². The third kappa shape index (κ3) is 4.93. The number of hydrogen-bond donors (Lipinski definition) is 1. The predicted molar refractivity (Wildman–Crippen MR) is 92.3 cm³/mol. The van der Waals surface area contributed by atoms with Crippen LogP contribution in [-0.4, -0.2) is 15.0 Å². The highest BCUT2D eigenvalue weighted by Crippen LogP contribution is 2.24. The molecule has 0 fully saturated rings. The summed E-state index contributed by atoms with van der Waals surface area (Å²) in [5.74, 6) is 0. The van der Waals surface area contributed by atoms with E-state index < -0.39 is 10.0 Å². The van der Waals surface area contributed by atoms with Crippen LogP contribution in [0.2, 0.25) is 10.0 Å². The summed E-state index contributed by atoms with van der Waals surface area (Å²) < 4.78 is 32.7. The van der Waals surface area contributed by atoms with Crippen LogP contribution >= 0.6 is 23.2 Å². The fourth-order valence-corrected chi connectivity index (χ4v) is 3.38. The minimum atomic E-state index is -3.67. The van der Waals surface area contributed by atoms with Crippen molar-refractivity contribution in [3.05, 3.63) is 63.6 Å². The van der Waals surface area contributed by atoms with Gasteiger partial charge in [-0.05, 0) is 36.2 Å². The summed E-state index contributed by atoms with van der Waals surface area (Å²) in [4.78, 5) is 0.0780. The molecular formula is C16H17Cl2NO3S. The third-order valence-electron chi connectivity index (χ3n) is 3.23. The third-order valence-corrected chi connectivity index (χ3v) is 5.37. The van der Waals surface area contributed by atoms with Gasteiger partial charge in [0.05, 0.1) is 21.5 Å². The van der Waals surface area contributed by atoms with E-state index in [2.05, 4.69) is 4.72 Å². The van der Waals surface area contributed by atoms with Crippen LogP contribution in [0.5, 0.6) is 0 Å². The molecule has 0 amide bonds. The van der Waals surface area contributed by atoms with Crippen molar-refractivity contribution in [2.75, 3.05) is 6.61 Å². The number of benzene rings is 2. The summed E-state index contributed by atoms with van der Waals surface area (Å²) in [6.07, 6.45) is 0. The highest BCUT2D eigenvalue weighted by atomic mass is 35.5. The van der Waals surface area contributed by atoms with E-state index in [0.717, 1.165) is 11.1 Å². The van der Waals surface area contributed by atoms with Crippen molar-refractivity contribution in [2.45, 2.75) is 25.0 Å². The van der Waals surface area contributed by atoms with Gasteiger partial charge in [-0.1, -0.05) is 47.5 Å². The minimum Gasteiger partial charge on any atom is -0.377 e. The Labute approximate surface area is 146 Å². The van der Waals surface area contributed by atoms with Gasteiger partial charge in [0.15, 0.2) is 0 Å². The molecule has 0 unspecified atom stereocenters. The summed E-state index contributed by atoms with van der Waals surface area (Å²) in [5.41, 5.74) is 1.82. The average molecular weight is 374 g/mol. The molecule has 0 saturated carbocycles. The fourth-order valence-electron chi connectivity index (χ4n) is 1.98. The first-order valence-corrected chi connectivity index (χ1v) is 9.27. The lowest BCUT2D eigenvalue weighted by Gasteiger charge is -2.11. The van der Waals surface area contributed by atoms with Crippen LogP contribution in [0.4, 0.5) is 0 Å². The molecule has 0 aliphatic rings. The lowest BCUT2D eigenvalue weighted by molar-refractivity contribution is 0.133. The molecule has 1 N–H and O–H groups in total. The lowest BCUT2D eigenvalue weighted by atomic mass is 10.1. The van der Waals surface area contributed by atoms with Gasteiger partial charge < -0.3 is 4.74 Å². The van der Waals surface area contributed by atoms with Crippen LogP contribution in [-0.2, 0) is 27.9 Å². The second kappa shape index (κ2) is 8.13. The zero-order chi connectivity index (χ0) is 16.9. The van der Waals surface area contributed by atoms with Crippen molar-refractivity contribution in [3.8, 4) is 0 Å². The van der Waals surface area contributed by atoms with Crippen LogP contribution < -0.4 is 4.72 Å². The Balaban J connectivity index is 2.14. The van der Waals surface area contributed by atoms with Gasteiger partial charge in [-0.3, -0.25) is 0 Å². The first-order valence-electron chi connectivity index (χ1n) is 7.03. The van der Waals surface area contributed by atoms with Gasteiger partial charge >= 0.3 is 0 Å². The van der Waals surface area contributed by atoms with Crippen molar-refractivity contribution >= 4 is 33.2 Å². The molecule has 4 nitrogen and oxygen atoms in total.